The number of aliphatic carboxylic acids is 2. The van der Waals surface area contributed by atoms with Gasteiger partial charge in [0.2, 0.25) is 0 Å². The minimum atomic E-state index is -1.47. The predicted octanol–water partition coefficient (Wildman–Crippen LogP) is -0.191. The molecule has 0 saturated heterocycles. The van der Waals surface area contributed by atoms with Gasteiger partial charge in [-0.15, -0.1) is 0 Å². The molecule has 0 unspecified atom stereocenters. The molecule has 0 radical (unpaired) electrons. The van der Waals surface area contributed by atoms with Crippen molar-refractivity contribution in [3.05, 3.63) is 30.1 Å². The van der Waals surface area contributed by atoms with Crippen molar-refractivity contribution in [1.29, 1.82) is 0 Å². The average Bonchev–Trinajstić information content (AvgIpc) is 2.36. The lowest BCUT2D eigenvalue weighted by atomic mass is 10.2. The maximum Gasteiger partial charge on any atom is 0.326 e. The van der Waals surface area contributed by atoms with Gasteiger partial charge in [-0.2, -0.15) is 0 Å². The Bertz CT molecular complexity index is 463. The molecule has 0 aliphatic rings. The van der Waals surface area contributed by atoms with Crippen LogP contribution in [0.5, 0.6) is 0 Å². The van der Waals surface area contributed by atoms with Crippen LogP contribution in [0.1, 0.15) is 12.1 Å². The Morgan fingerprint density at radius 1 is 1.26 bits per heavy atom. The normalized spacial score (nSPS) is 11.4. The fourth-order valence-electron chi connectivity index (χ4n) is 1.26. The smallest absolute Gasteiger partial charge is 0.326 e. The number of carbonyl (C=O) groups is 3. The zero-order valence-electron chi connectivity index (χ0n) is 9.87. The molecule has 0 aliphatic carbocycles. The number of carboxylic acid groups (broad SMARTS) is 2. The zero-order chi connectivity index (χ0) is 14.3. The van der Waals surface area contributed by atoms with E-state index in [1.165, 1.54) is 0 Å². The SMILES string of the molecule is O=C(O)C[C@H](NC(=O)NCc1ccccn1)C(=O)O. The Kier molecular flexibility index (Phi) is 5.27. The van der Waals surface area contributed by atoms with Crippen molar-refractivity contribution in [2.24, 2.45) is 0 Å². The third-order valence-corrected chi connectivity index (χ3v) is 2.14. The molecule has 1 aromatic rings. The van der Waals surface area contributed by atoms with Crippen LogP contribution in [0.25, 0.3) is 0 Å². The standard InChI is InChI=1S/C11H13N3O5/c15-9(16)5-8(10(17)18)14-11(19)13-6-7-3-1-2-4-12-7/h1-4,8H,5-6H2,(H,15,16)(H,17,18)(H2,13,14,19)/t8-/m0/s1. The fourth-order valence-corrected chi connectivity index (χ4v) is 1.26. The second-order valence-corrected chi connectivity index (χ2v) is 3.64. The summed E-state index contributed by atoms with van der Waals surface area (Å²) in [6.45, 7) is 0.117. The molecule has 8 nitrogen and oxygen atoms in total. The molecule has 19 heavy (non-hydrogen) atoms. The highest BCUT2D eigenvalue weighted by Crippen LogP contribution is 1.94. The van der Waals surface area contributed by atoms with E-state index in [0.717, 1.165) is 0 Å². The minimum absolute atomic E-state index is 0.117. The first-order chi connectivity index (χ1) is 8.99. The largest absolute Gasteiger partial charge is 0.481 e. The van der Waals surface area contributed by atoms with Crippen LogP contribution in [0.15, 0.2) is 24.4 Å². The van der Waals surface area contributed by atoms with E-state index in [1.807, 2.05) is 0 Å². The molecule has 8 heteroatoms. The van der Waals surface area contributed by atoms with Crippen molar-refractivity contribution in [1.82, 2.24) is 15.6 Å². The van der Waals surface area contributed by atoms with Gasteiger partial charge in [0, 0.05) is 6.20 Å². The van der Waals surface area contributed by atoms with Crippen LogP contribution in [0, 0.1) is 0 Å². The molecular formula is C11H13N3O5. The molecule has 0 aliphatic heterocycles. The van der Waals surface area contributed by atoms with Gasteiger partial charge in [0.05, 0.1) is 18.7 Å². The van der Waals surface area contributed by atoms with Gasteiger partial charge in [-0.05, 0) is 12.1 Å². The highest BCUT2D eigenvalue weighted by Gasteiger charge is 2.22. The van der Waals surface area contributed by atoms with E-state index in [9.17, 15) is 14.4 Å². The van der Waals surface area contributed by atoms with Gasteiger partial charge in [0.1, 0.15) is 6.04 Å². The molecule has 1 heterocycles. The third kappa shape index (κ3) is 5.48. The van der Waals surface area contributed by atoms with Crippen LogP contribution in [-0.4, -0.2) is 39.2 Å². The first kappa shape index (κ1) is 14.4. The lowest BCUT2D eigenvalue weighted by Crippen LogP contribution is -2.46. The van der Waals surface area contributed by atoms with Crippen LogP contribution in [0.3, 0.4) is 0 Å². The fraction of sp³-hybridized carbons (Fsp3) is 0.273. The Hall–Kier alpha value is -2.64. The lowest BCUT2D eigenvalue weighted by molar-refractivity contribution is -0.145. The summed E-state index contributed by atoms with van der Waals surface area (Å²) in [6.07, 6.45) is 0.867. The number of urea groups is 1. The van der Waals surface area contributed by atoms with Crippen molar-refractivity contribution in [3.63, 3.8) is 0 Å². The molecular weight excluding hydrogens is 254 g/mol. The maximum atomic E-state index is 11.4. The molecule has 0 bridgehead atoms. The van der Waals surface area contributed by atoms with Crippen molar-refractivity contribution in [3.8, 4) is 0 Å². The summed E-state index contributed by atoms with van der Waals surface area (Å²) >= 11 is 0. The predicted molar refractivity (Wildman–Crippen MR) is 63.3 cm³/mol. The number of carbonyl (C=O) groups excluding carboxylic acids is 1. The van der Waals surface area contributed by atoms with Gasteiger partial charge < -0.3 is 20.8 Å². The van der Waals surface area contributed by atoms with Crippen LogP contribution >= 0.6 is 0 Å². The molecule has 2 amide bonds. The van der Waals surface area contributed by atoms with Gasteiger partial charge >= 0.3 is 18.0 Å². The number of nitrogens with zero attached hydrogens (tertiary/aromatic N) is 1. The van der Waals surface area contributed by atoms with Gasteiger partial charge in [-0.3, -0.25) is 9.78 Å². The summed E-state index contributed by atoms with van der Waals surface area (Å²) in [6, 6.07) is 2.91. The number of rotatable bonds is 6. The molecule has 102 valence electrons. The number of hydrogen-bond donors (Lipinski definition) is 4. The molecule has 4 N–H and O–H groups in total. The van der Waals surface area contributed by atoms with E-state index in [0.29, 0.717) is 5.69 Å². The highest BCUT2D eigenvalue weighted by molar-refractivity contribution is 5.86. The molecule has 0 spiro atoms. The molecule has 1 aromatic heterocycles. The van der Waals surface area contributed by atoms with E-state index < -0.39 is 30.4 Å². The summed E-state index contributed by atoms with van der Waals surface area (Å²) in [5.74, 6) is -2.71. The highest BCUT2D eigenvalue weighted by atomic mass is 16.4. The summed E-state index contributed by atoms with van der Waals surface area (Å²) < 4.78 is 0. The number of nitrogens with one attached hydrogen (secondary N) is 2. The second kappa shape index (κ2) is 6.94. The van der Waals surface area contributed by atoms with Crippen molar-refractivity contribution in [2.45, 2.75) is 19.0 Å². The van der Waals surface area contributed by atoms with Gasteiger partial charge in [0.25, 0.3) is 0 Å². The topological polar surface area (TPSA) is 129 Å². The van der Waals surface area contributed by atoms with Crippen molar-refractivity contribution < 1.29 is 24.6 Å². The Morgan fingerprint density at radius 3 is 2.53 bits per heavy atom. The number of amides is 2. The first-order valence-corrected chi connectivity index (χ1v) is 5.38. The summed E-state index contributed by atoms with van der Waals surface area (Å²) in [4.78, 5) is 36.5. The summed E-state index contributed by atoms with van der Waals surface area (Å²) in [7, 11) is 0. The van der Waals surface area contributed by atoms with E-state index in [2.05, 4.69) is 15.6 Å². The van der Waals surface area contributed by atoms with Crippen LogP contribution in [-0.2, 0) is 16.1 Å². The molecule has 0 aromatic carbocycles. The zero-order valence-corrected chi connectivity index (χ0v) is 9.87. The number of hydrogen-bond acceptors (Lipinski definition) is 4. The lowest BCUT2D eigenvalue weighted by Gasteiger charge is -2.13. The van der Waals surface area contributed by atoms with Crippen LogP contribution in [0.4, 0.5) is 4.79 Å². The number of aromatic nitrogens is 1. The Labute approximate surface area is 108 Å². The van der Waals surface area contributed by atoms with E-state index >= 15 is 0 Å². The Morgan fingerprint density at radius 2 is 2.00 bits per heavy atom. The molecule has 1 rings (SSSR count). The summed E-state index contributed by atoms with van der Waals surface area (Å²) in [5.41, 5.74) is 0.600. The quantitative estimate of drug-likeness (QED) is 0.565. The second-order valence-electron chi connectivity index (χ2n) is 3.64. The van der Waals surface area contributed by atoms with E-state index in [1.54, 1.807) is 24.4 Å². The van der Waals surface area contributed by atoms with Crippen LogP contribution in [0.2, 0.25) is 0 Å². The van der Waals surface area contributed by atoms with Gasteiger partial charge in [0.15, 0.2) is 0 Å². The first-order valence-electron chi connectivity index (χ1n) is 5.38. The molecule has 0 fully saturated rings. The van der Waals surface area contributed by atoms with Crippen LogP contribution < -0.4 is 10.6 Å². The maximum absolute atomic E-state index is 11.4. The monoisotopic (exact) mass is 267 g/mol. The van der Waals surface area contributed by atoms with E-state index in [4.69, 9.17) is 10.2 Å². The van der Waals surface area contributed by atoms with Gasteiger partial charge in [-0.25, -0.2) is 9.59 Å². The van der Waals surface area contributed by atoms with E-state index in [-0.39, 0.29) is 6.54 Å². The molecule has 0 saturated carbocycles. The van der Waals surface area contributed by atoms with Gasteiger partial charge in [-0.1, -0.05) is 6.07 Å². The third-order valence-electron chi connectivity index (χ3n) is 2.14. The average molecular weight is 267 g/mol. The van der Waals surface area contributed by atoms with Crippen molar-refractivity contribution in [2.75, 3.05) is 0 Å². The Balaban J connectivity index is 2.45. The number of pyridine rings is 1. The number of carboxylic acids is 2. The minimum Gasteiger partial charge on any atom is -0.481 e. The van der Waals surface area contributed by atoms with Crippen molar-refractivity contribution >= 4 is 18.0 Å². The molecule has 1 atom stereocenters. The summed E-state index contributed by atoms with van der Waals surface area (Å²) in [5, 5.41) is 21.7.